The predicted molar refractivity (Wildman–Crippen MR) is 112 cm³/mol. The molecular formula is C24H31N3O2. The zero-order valence-corrected chi connectivity index (χ0v) is 17.7. The van der Waals surface area contributed by atoms with Crippen molar-refractivity contribution in [3.8, 4) is 0 Å². The van der Waals surface area contributed by atoms with Crippen LogP contribution in [0.1, 0.15) is 60.8 Å². The first-order chi connectivity index (χ1) is 14.0. The molecule has 2 saturated heterocycles. The zero-order valence-electron chi connectivity index (χ0n) is 17.7. The molecule has 29 heavy (non-hydrogen) atoms. The summed E-state index contributed by atoms with van der Waals surface area (Å²) in [6.45, 7) is 4.29. The van der Waals surface area contributed by atoms with Crippen LogP contribution in [0.2, 0.25) is 0 Å². The van der Waals surface area contributed by atoms with Crippen molar-refractivity contribution in [2.24, 2.45) is 5.41 Å². The Bertz CT molecular complexity index is 895. The molecule has 2 aromatic rings. The number of benzene rings is 1. The third kappa shape index (κ3) is 2.85. The van der Waals surface area contributed by atoms with E-state index in [-0.39, 0.29) is 23.4 Å². The molecule has 5 atom stereocenters. The minimum Gasteiger partial charge on any atom is -0.438 e. The Labute approximate surface area is 173 Å². The van der Waals surface area contributed by atoms with Crippen LogP contribution in [0.4, 0.5) is 0 Å². The number of fused-ring (bicyclic) bond motifs is 1. The molecule has 5 heteroatoms. The van der Waals surface area contributed by atoms with Gasteiger partial charge in [-0.05, 0) is 45.2 Å². The van der Waals surface area contributed by atoms with Crippen molar-refractivity contribution in [3.63, 3.8) is 0 Å². The average Bonchev–Trinajstić information content (AvgIpc) is 3.17. The van der Waals surface area contributed by atoms with Gasteiger partial charge in [-0.3, -0.25) is 9.69 Å². The Balaban J connectivity index is 1.60. The number of oxazole rings is 1. The van der Waals surface area contributed by atoms with E-state index in [9.17, 15) is 4.79 Å². The topological polar surface area (TPSA) is 49.6 Å². The molecule has 154 valence electrons. The van der Waals surface area contributed by atoms with Crippen molar-refractivity contribution in [3.05, 3.63) is 53.7 Å². The number of rotatable bonds is 3. The van der Waals surface area contributed by atoms with E-state index in [1.165, 1.54) is 37.6 Å². The molecule has 1 amide bonds. The summed E-state index contributed by atoms with van der Waals surface area (Å²) in [5.74, 6) is 0.439. The standard InChI is InChI=1S/C24H31N3O2/c1-16-22(29-15-25-16)23(28)27-18(13-17-9-5-4-6-10-17)19-14-24(2)20(26(19)3)11-7-8-12-21(24)27/h4-6,9-10,15,18-21H,7-8,11-14H2,1-3H3/t18-,19-,20-,21+,24-/m0/s1. The summed E-state index contributed by atoms with van der Waals surface area (Å²) in [5, 5.41) is 0. The van der Waals surface area contributed by atoms with Crippen molar-refractivity contribution >= 4 is 5.91 Å². The molecule has 0 spiro atoms. The highest BCUT2D eigenvalue weighted by molar-refractivity contribution is 5.93. The fraction of sp³-hybridized carbons (Fsp3) is 0.583. The van der Waals surface area contributed by atoms with Crippen LogP contribution in [-0.4, -0.2) is 51.9 Å². The molecule has 2 bridgehead atoms. The van der Waals surface area contributed by atoms with Crippen molar-refractivity contribution < 1.29 is 9.21 Å². The van der Waals surface area contributed by atoms with Gasteiger partial charge in [0.05, 0.1) is 11.7 Å². The van der Waals surface area contributed by atoms with Crippen LogP contribution in [0.5, 0.6) is 0 Å². The largest absolute Gasteiger partial charge is 0.438 e. The number of aromatic nitrogens is 1. The normalized spacial score (nSPS) is 34.2. The minimum atomic E-state index is 0.0257. The van der Waals surface area contributed by atoms with Crippen LogP contribution < -0.4 is 0 Å². The van der Waals surface area contributed by atoms with Crippen molar-refractivity contribution in [2.45, 2.75) is 76.5 Å². The van der Waals surface area contributed by atoms with Crippen LogP contribution in [0, 0.1) is 12.3 Å². The number of hydrogen-bond acceptors (Lipinski definition) is 4. The molecule has 1 aromatic heterocycles. The molecule has 5 nitrogen and oxygen atoms in total. The van der Waals surface area contributed by atoms with E-state index in [4.69, 9.17) is 4.42 Å². The number of likely N-dealkylation sites (N-methyl/N-ethyl adjacent to an activating group) is 1. The maximum absolute atomic E-state index is 13.8. The molecule has 0 unspecified atom stereocenters. The van der Waals surface area contributed by atoms with Gasteiger partial charge >= 0.3 is 0 Å². The van der Waals surface area contributed by atoms with E-state index in [2.05, 4.69) is 59.1 Å². The molecule has 3 heterocycles. The summed E-state index contributed by atoms with van der Waals surface area (Å²) in [4.78, 5) is 22.9. The van der Waals surface area contributed by atoms with E-state index in [0.717, 1.165) is 12.8 Å². The van der Waals surface area contributed by atoms with Crippen molar-refractivity contribution in [2.75, 3.05) is 7.05 Å². The van der Waals surface area contributed by atoms with E-state index < -0.39 is 0 Å². The maximum atomic E-state index is 13.8. The lowest BCUT2D eigenvalue weighted by Gasteiger charge is -2.50. The van der Waals surface area contributed by atoms with Gasteiger partial charge in [-0.25, -0.2) is 4.98 Å². The molecule has 2 aliphatic heterocycles. The lowest BCUT2D eigenvalue weighted by Crippen LogP contribution is -2.61. The summed E-state index contributed by atoms with van der Waals surface area (Å²) < 4.78 is 5.58. The molecule has 1 saturated carbocycles. The van der Waals surface area contributed by atoms with Gasteiger partial charge in [0, 0.05) is 23.5 Å². The van der Waals surface area contributed by atoms with Crippen LogP contribution in [0.3, 0.4) is 0 Å². The maximum Gasteiger partial charge on any atom is 0.292 e. The second-order valence-electron chi connectivity index (χ2n) is 9.50. The Morgan fingerprint density at radius 1 is 1.21 bits per heavy atom. The fourth-order valence-electron chi connectivity index (χ4n) is 6.61. The number of piperidine rings is 1. The van der Waals surface area contributed by atoms with E-state index in [1.807, 2.05) is 6.92 Å². The number of carbonyl (C=O) groups is 1. The van der Waals surface area contributed by atoms with Crippen LogP contribution in [0.25, 0.3) is 0 Å². The third-order valence-corrected chi connectivity index (χ3v) is 7.99. The average molecular weight is 394 g/mol. The number of likely N-dealkylation sites (tertiary alicyclic amines) is 2. The third-order valence-electron chi connectivity index (χ3n) is 7.99. The highest BCUT2D eigenvalue weighted by Gasteiger charge is 2.62. The minimum absolute atomic E-state index is 0.0257. The first-order valence-electron chi connectivity index (χ1n) is 11.0. The molecule has 1 aliphatic carbocycles. The van der Waals surface area contributed by atoms with Crippen LogP contribution in [-0.2, 0) is 6.42 Å². The molecule has 3 aliphatic rings. The van der Waals surface area contributed by atoms with Gasteiger partial charge in [0.1, 0.15) is 0 Å². The van der Waals surface area contributed by atoms with E-state index >= 15 is 0 Å². The smallest absolute Gasteiger partial charge is 0.292 e. The van der Waals surface area contributed by atoms with Gasteiger partial charge in [-0.1, -0.05) is 50.1 Å². The van der Waals surface area contributed by atoms with Gasteiger partial charge in [0.2, 0.25) is 5.76 Å². The highest BCUT2D eigenvalue weighted by atomic mass is 16.3. The monoisotopic (exact) mass is 393 g/mol. The SMILES string of the molecule is Cc1ncoc1C(=O)N1[C@@H](Cc2ccccc2)[C@@H]2C[C@@]3(C)[C@H](CCCC[C@@H]13)N2C. The lowest BCUT2D eigenvalue weighted by molar-refractivity contribution is -0.000159. The summed E-state index contributed by atoms with van der Waals surface area (Å²) in [6.07, 6.45) is 8.22. The predicted octanol–water partition coefficient (Wildman–Crippen LogP) is 4.07. The Morgan fingerprint density at radius 3 is 2.62 bits per heavy atom. The van der Waals surface area contributed by atoms with E-state index in [0.29, 0.717) is 23.5 Å². The number of amides is 1. The summed E-state index contributed by atoms with van der Waals surface area (Å²) in [5.41, 5.74) is 2.13. The number of carbonyl (C=O) groups excluding carboxylic acids is 1. The molecule has 0 radical (unpaired) electrons. The number of aryl methyl sites for hydroxylation is 1. The molecule has 0 N–H and O–H groups in total. The fourth-order valence-corrected chi connectivity index (χ4v) is 6.61. The van der Waals surface area contributed by atoms with Gasteiger partial charge in [-0.15, -0.1) is 0 Å². The van der Waals surface area contributed by atoms with Crippen molar-refractivity contribution in [1.82, 2.24) is 14.8 Å². The van der Waals surface area contributed by atoms with Gasteiger partial charge in [0.25, 0.3) is 5.91 Å². The van der Waals surface area contributed by atoms with Crippen LogP contribution in [0.15, 0.2) is 41.1 Å². The van der Waals surface area contributed by atoms with Crippen molar-refractivity contribution in [1.29, 1.82) is 0 Å². The summed E-state index contributed by atoms with van der Waals surface area (Å²) in [7, 11) is 2.29. The molecule has 1 aromatic carbocycles. The zero-order chi connectivity index (χ0) is 20.2. The highest BCUT2D eigenvalue weighted by Crippen LogP contribution is 2.55. The van der Waals surface area contributed by atoms with Gasteiger partial charge in [0.15, 0.2) is 6.39 Å². The Hall–Kier alpha value is -2.14. The quantitative estimate of drug-likeness (QED) is 0.789. The first kappa shape index (κ1) is 18.9. The molecular weight excluding hydrogens is 362 g/mol. The number of nitrogens with zero attached hydrogens (tertiary/aromatic N) is 3. The van der Waals surface area contributed by atoms with Gasteiger partial charge < -0.3 is 9.32 Å². The summed E-state index contributed by atoms with van der Waals surface area (Å²) in [6, 6.07) is 11.9. The first-order valence-corrected chi connectivity index (χ1v) is 11.0. The second kappa shape index (κ2) is 6.98. The van der Waals surface area contributed by atoms with Gasteiger partial charge in [-0.2, -0.15) is 0 Å². The van der Waals surface area contributed by atoms with Crippen LogP contribution >= 0.6 is 0 Å². The summed E-state index contributed by atoms with van der Waals surface area (Å²) >= 11 is 0. The number of hydrogen-bond donors (Lipinski definition) is 0. The molecule has 5 rings (SSSR count). The van der Waals surface area contributed by atoms with E-state index in [1.54, 1.807) is 0 Å². The Morgan fingerprint density at radius 2 is 1.93 bits per heavy atom. The Kier molecular flexibility index (Phi) is 4.54. The molecule has 3 fully saturated rings. The second-order valence-corrected chi connectivity index (χ2v) is 9.50. The lowest BCUT2D eigenvalue weighted by atomic mass is 9.69.